The Kier molecular flexibility index (Phi) is 17.7. The van der Waals surface area contributed by atoms with E-state index in [-0.39, 0.29) is 36.8 Å². The lowest BCUT2D eigenvalue weighted by molar-refractivity contribution is -0.141. The summed E-state index contributed by atoms with van der Waals surface area (Å²) in [6.45, 7) is 1.77. The number of aliphatic carboxylic acids is 1. The van der Waals surface area contributed by atoms with Crippen LogP contribution in [0.2, 0.25) is 0 Å². The minimum absolute atomic E-state index is 0.0823. The Morgan fingerprint density at radius 3 is 1.98 bits per heavy atom. The smallest absolute Gasteiger partial charge is 0.305 e. The van der Waals surface area contributed by atoms with Crippen LogP contribution in [0.5, 0.6) is 0 Å². The molecule has 0 aliphatic carbocycles. The van der Waals surface area contributed by atoms with Crippen molar-refractivity contribution in [3.05, 3.63) is 0 Å². The molecule has 2 saturated heterocycles. The van der Waals surface area contributed by atoms with Gasteiger partial charge in [-0.05, 0) is 12.3 Å². The fourth-order valence-electron chi connectivity index (χ4n) is 5.09. The molecule has 0 aromatic heterocycles. The quantitative estimate of drug-likeness (QED) is 0.107. The fraction of sp³-hybridized carbons (Fsp3) is 0.655. The predicted molar refractivity (Wildman–Crippen MR) is 187 cm³/mol. The Morgan fingerprint density at radius 2 is 1.38 bits per heavy atom. The van der Waals surface area contributed by atoms with Gasteiger partial charge in [0.2, 0.25) is 53.2 Å². The lowest BCUT2D eigenvalue weighted by Gasteiger charge is -2.27. The summed E-state index contributed by atoms with van der Waals surface area (Å²) in [7, 11) is 1.90. The maximum Gasteiger partial charge on any atom is 0.305 e. The van der Waals surface area contributed by atoms with Crippen LogP contribution in [-0.2, 0) is 47.9 Å². The van der Waals surface area contributed by atoms with Gasteiger partial charge in [-0.15, -0.1) is 0 Å². The van der Waals surface area contributed by atoms with Crippen molar-refractivity contribution in [2.24, 2.45) is 23.1 Å². The number of fused-ring (bicyclic) bond motifs is 1. The largest absolute Gasteiger partial charge is 0.481 e. The molecule has 0 aromatic carbocycles. The lowest BCUT2D eigenvalue weighted by atomic mass is 10.0. The summed E-state index contributed by atoms with van der Waals surface area (Å²) in [5.41, 5.74) is 16.6. The second kappa shape index (κ2) is 21.1. The van der Waals surface area contributed by atoms with Gasteiger partial charge in [0.15, 0.2) is 0 Å². The molecule has 2 fully saturated rings. The van der Waals surface area contributed by atoms with Crippen molar-refractivity contribution in [2.45, 2.75) is 81.9 Å². The van der Waals surface area contributed by atoms with Gasteiger partial charge in [0.25, 0.3) is 0 Å². The first-order valence-electron chi connectivity index (χ1n) is 16.3. The minimum atomic E-state index is -1.65. The van der Waals surface area contributed by atoms with Crippen molar-refractivity contribution in [1.29, 1.82) is 0 Å². The monoisotopic (exact) mass is 790 g/mol. The summed E-state index contributed by atoms with van der Waals surface area (Å²) in [5.74, 6) is -10.4. The van der Waals surface area contributed by atoms with Crippen molar-refractivity contribution in [3.63, 3.8) is 0 Å². The molecule has 0 bridgehead atoms. The van der Waals surface area contributed by atoms with Crippen molar-refractivity contribution < 1.29 is 58.2 Å². The van der Waals surface area contributed by atoms with E-state index in [2.05, 4.69) is 31.9 Å². The van der Waals surface area contributed by atoms with Gasteiger partial charge in [0.1, 0.15) is 30.2 Å². The molecule has 1 unspecified atom stereocenters. The number of nitrogens with zero attached hydrogens (tertiary/aromatic N) is 1. The molecule has 24 heteroatoms. The molecule has 0 radical (unpaired) electrons. The third-order valence-electron chi connectivity index (χ3n) is 7.71. The van der Waals surface area contributed by atoms with Gasteiger partial charge in [0, 0.05) is 24.5 Å². The first-order valence-corrected chi connectivity index (χ1v) is 18.8. The molecule has 53 heavy (non-hydrogen) atoms. The standard InChI is InChI=1S/C29H46N10O12S2/c1-12(2)3-15-26(48)34-8-22(43)39-9-13(40)4-19(39)29(51)37-16(5-20(31)41)28(50)38-18(24(32)46)11-53-52-10-14(30)25(47)36-17(6-23(44)45)27(49)33-7-21(42)35-15/h12-19,40H,3-11,30H2,1-2H3,(H2,31,41)(H2,32,46)(H,33,49)(H,34,48)(H,35,42)(H,36,47)(H,37,51)(H,38,50)(H,44,45)/t13?,14-,15+,16+,17-,18-,19+/m1/s1. The summed E-state index contributed by atoms with van der Waals surface area (Å²) < 4.78 is 0. The molecule has 2 heterocycles. The van der Waals surface area contributed by atoms with Crippen LogP contribution in [0, 0.1) is 5.92 Å². The number of carboxylic acids is 1. The van der Waals surface area contributed by atoms with Crippen LogP contribution >= 0.6 is 21.6 Å². The molecule has 22 nitrogen and oxygen atoms in total. The Hall–Kier alpha value is -4.68. The number of carbonyl (C=O) groups excluding carboxylic acids is 9. The van der Waals surface area contributed by atoms with Crippen LogP contribution in [-0.4, -0.2) is 148 Å². The number of nitrogens with one attached hydrogen (secondary N) is 6. The maximum absolute atomic E-state index is 13.3. The Balaban J connectivity index is 2.39. The Labute approximate surface area is 311 Å². The highest BCUT2D eigenvalue weighted by atomic mass is 33.1. The highest BCUT2D eigenvalue weighted by molar-refractivity contribution is 8.76. The minimum Gasteiger partial charge on any atom is -0.481 e. The average Bonchev–Trinajstić information content (AvgIpc) is 3.46. The first-order chi connectivity index (χ1) is 24.8. The zero-order valence-electron chi connectivity index (χ0n) is 29.0. The molecule has 0 saturated carbocycles. The molecular weight excluding hydrogens is 745 g/mol. The topological polar surface area (TPSA) is 365 Å². The molecule has 2 rings (SSSR count). The summed E-state index contributed by atoms with van der Waals surface area (Å²) in [4.78, 5) is 128. The van der Waals surface area contributed by atoms with Gasteiger partial charge in [-0.2, -0.15) is 0 Å². The van der Waals surface area contributed by atoms with Crippen molar-refractivity contribution in [3.8, 4) is 0 Å². The summed E-state index contributed by atoms with van der Waals surface area (Å²) in [6, 6.07) is -8.52. The van der Waals surface area contributed by atoms with Gasteiger partial charge >= 0.3 is 5.97 Å². The van der Waals surface area contributed by atoms with Crippen LogP contribution in [0.1, 0.15) is 39.5 Å². The normalized spacial score (nSPS) is 28.1. The second-order valence-corrected chi connectivity index (χ2v) is 15.2. The molecular formula is C29H46N10O12S2. The van der Waals surface area contributed by atoms with Crippen LogP contribution in [0.25, 0.3) is 0 Å². The third-order valence-corrected chi connectivity index (χ3v) is 10.2. The highest BCUT2D eigenvalue weighted by Crippen LogP contribution is 2.23. The Morgan fingerprint density at radius 1 is 0.792 bits per heavy atom. The number of hydrogen-bond acceptors (Lipinski definition) is 14. The lowest BCUT2D eigenvalue weighted by Crippen LogP contribution is -2.58. The Bertz CT molecular complexity index is 1440. The average molecular weight is 791 g/mol. The number of carboxylic acid groups (broad SMARTS) is 1. The summed E-state index contributed by atoms with van der Waals surface area (Å²) in [6.07, 6.45) is -2.95. The van der Waals surface area contributed by atoms with E-state index in [0.717, 1.165) is 26.5 Å². The molecule has 2 aliphatic rings. The van der Waals surface area contributed by atoms with E-state index in [0.29, 0.717) is 0 Å². The molecule has 9 amide bonds. The van der Waals surface area contributed by atoms with Crippen LogP contribution in [0.4, 0.5) is 0 Å². The number of hydrogen-bond donors (Lipinski definition) is 11. The molecule has 0 aromatic rings. The van der Waals surface area contributed by atoms with Crippen LogP contribution in [0.3, 0.4) is 0 Å². The zero-order chi connectivity index (χ0) is 40.0. The second-order valence-electron chi connectivity index (χ2n) is 12.7. The predicted octanol–water partition coefficient (Wildman–Crippen LogP) is -6.28. The van der Waals surface area contributed by atoms with E-state index >= 15 is 0 Å². The molecule has 0 spiro atoms. The van der Waals surface area contributed by atoms with E-state index in [1.807, 2.05) is 0 Å². The van der Waals surface area contributed by atoms with Gasteiger partial charge in [-0.1, -0.05) is 35.4 Å². The van der Waals surface area contributed by atoms with Crippen molar-refractivity contribution in [1.82, 2.24) is 36.8 Å². The van der Waals surface area contributed by atoms with E-state index in [1.54, 1.807) is 13.8 Å². The van der Waals surface area contributed by atoms with Crippen LogP contribution in [0.15, 0.2) is 0 Å². The number of aliphatic hydroxyl groups is 1. The molecule has 2 aliphatic heterocycles. The van der Waals surface area contributed by atoms with Gasteiger partial charge in [-0.25, -0.2) is 0 Å². The first kappa shape index (κ1) is 44.5. The van der Waals surface area contributed by atoms with Gasteiger partial charge < -0.3 is 64.2 Å². The third kappa shape index (κ3) is 15.1. The number of rotatable bonds is 7. The van der Waals surface area contributed by atoms with E-state index in [4.69, 9.17) is 17.2 Å². The molecule has 14 N–H and O–H groups in total. The van der Waals surface area contributed by atoms with Crippen molar-refractivity contribution in [2.75, 3.05) is 31.1 Å². The number of primary amides is 2. The van der Waals surface area contributed by atoms with Gasteiger partial charge in [0.05, 0.1) is 38.1 Å². The zero-order valence-corrected chi connectivity index (χ0v) is 30.6. The highest BCUT2D eigenvalue weighted by Gasteiger charge is 2.41. The number of nitrogens with two attached hydrogens (primary N) is 3. The van der Waals surface area contributed by atoms with Crippen molar-refractivity contribution >= 4 is 80.7 Å². The molecule has 296 valence electrons. The SMILES string of the molecule is CC(C)C[C@@H]1NC(=O)CNC(=O)[C@@H](CC(=O)O)NC(=O)[C@H](N)CSSC[C@H](C(N)=O)NC(=O)[C@H](CC(N)=O)NC(=O)[C@@H]2CC(O)CN2C(=O)CNC1=O. The summed E-state index contributed by atoms with van der Waals surface area (Å²) >= 11 is 0. The summed E-state index contributed by atoms with van der Waals surface area (Å²) in [5, 5.41) is 33.5. The fourth-order valence-corrected chi connectivity index (χ4v) is 7.39. The van der Waals surface area contributed by atoms with Crippen LogP contribution < -0.4 is 49.1 Å². The van der Waals surface area contributed by atoms with E-state index in [9.17, 15) is 58.2 Å². The number of aliphatic hydroxyl groups excluding tert-OH is 1. The number of amides is 9. The maximum atomic E-state index is 13.3. The van der Waals surface area contributed by atoms with Gasteiger partial charge in [-0.3, -0.25) is 47.9 Å². The van der Waals surface area contributed by atoms with E-state index < -0.39 is 127 Å². The number of carbonyl (C=O) groups is 10. The van der Waals surface area contributed by atoms with E-state index in [1.165, 1.54) is 0 Å². The molecule has 7 atom stereocenters.